The summed E-state index contributed by atoms with van der Waals surface area (Å²) in [6.07, 6.45) is 50.6. The number of allylic oxidation sites excluding steroid dienone is 21. The first-order chi connectivity index (χ1) is 30.0. The third-order valence-corrected chi connectivity index (χ3v) is 15.8. The lowest BCUT2D eigenvalue weighted by Crippen LogP contribution is -2.38. The highest BCUT2D eigenvalue weighted by atomic mass is 15.2. The molecule has 3 aromatic carbocycles. The van der Waals surface area contributed by atoms with Crippen LogP contribution in [0.25, 0.3) is 39.0 Å². The van der Waals surface area contributed by atoms with Crippen LogP contribution in [0.1, 0.15) is 82.0 Å². The average Bonchev–Trinajstić information content (AvgIpc) is 3.78. The molecule has 0 radical (unpaired) electrons. The van der Waals surface area contributed by atoms with Gasteiger partial charge in [0.1, 0.15) is 0 Å². The van der Waals surface area contributed by atoms with Crippen molar-refractivity contribution in [2.24, 2.45) is 29.1 Å². The zero-order valence-electron chi connectivity index (χ0n) is 35.7. The first-order valence-electron chi connectivity index (χ1n) is 23.2. The minimum atomic E-state index is 0.205. The highest BCUT2D eigenvalue weighted by Gasteiger charge is 2.52. The van der Waals surface area contributed by atoms with Crippen LogP contribution in [0.4, 0.5) is 5.69 Å². The first kappa shape index (κ1) is 36.9. The zero-order chi connectivity index (χ0) is 40.7. The van der Waals surface area contributed by atoms with Crippen LogP contribution in [0, 0.1) is 29.1 Å². The molecule has 0 amide bonds. The van der Waals surface area contributed by atoms with E-state index in [0.717, 1.165) is 50.9 Å². The molecule has 8 aliphatic carbocycles. The second kappa shape index (κ2) is 14.7. The van der Waals surface area contributed by atoms with Gasteiger partial charge in [0.15, 0.2) is 0 Å². The molecule has 0 saturated heterocycles. The molecule has 1 heterocycles. The van der Waals surface area contributed by atoms with Crippen molar-refractivity contribution in [1.29, 1.82) is 0 Å². The highest BCUT2D eigenvalue weighted by molar-refractivity contribution is 6.12. The Labute approximate surface area is 362 Å². The van der Waals surface area contributed by atoms with Gasteiger partial charge < -0.3 is 9.47 Å². The Morgan fingerprint density at radius 1 is 0.721 bits per heavy atom. The number of hydrogen-bond donors (Lipinski definition) is 0. The van der Waals surface area contributed by atoms with E-state index in [1.807, 2.05) is 0 Å². The summed E-state index contributed by atoms with van der Waals surface area (Å²) in [4.78, 5) is 2.73. The predicted molar refractivity (Wildman–Crippen MR) is 259 cm³/mol. The molecule has 5 atom stereocenters. The lowest BCUT2D eigenvalue weighted by atomic mass is 9.71. The monoisotopic (exact) mass is 792 g/mol. The molecule has 302 valence electrons. The maximum absolute atomic E-state index is 2.73. The normalized spacial score (nSPS) is 26.9. The van der Waals surface area contributed by atoms with E-state index in [2.05, 4.69) is 187 Å². The van der Waals surface area contributed by atoms with Crippen LogP contribution < -0.4 is 4.90 Å². The van der Waals surface area contributed by atoms with Crippen LogP contribution in [-0.4, -0.2) is 10.6 Å². The van der Waals surface area contributed by atoms with Crippen molar-refractivity contribution in [3.63, 3.8) is 0 Å². The van der Waals surface area contributed by atoms with Crippen molar-refractivity contribution in [1.82, 2.24) is 4.57 Å². The van der Waals surface area contributed by atoms with Crippen molar-refractivity contribution in [2.75, 3.05) is 4.90 Å². The Balaban J connectivity index is 0.870. The summed E-state index contributed by atoms with van der Waals surface area (Å²) >= 11 is 0. The lowest BCUT2D eigenvalue weighted by Gasteiger charge is -2.42. The van der Waals surface area contributed by atoms with Gasteiger partial charge in [-0.1, -0.05) is 159 Å². The summed E-state index contributed by atoms with van der Waals surface area (Å²) in [5.74, 6) is 2.50. The van der Waals surface area contributed by atoms with E-state index in [-0.39, 0.29) is 11.5 Å². The van der Waals surface area contributed by atoms with Crippen LogP contribution in [0.5, 0.6) is 0 Å². The third kappa shape index (κ3) is 6.04. The molecule has 4 aromatic rings. The van der Waals surface area contributed by atoms with Gasteiger partial charge >= 0.3 is 0 Å². The van der Waals surface area contributed by atoms with Crippen LogP contribution in [-0.2, 0) is 6.42 Å². The molecule has 0 bridgehead atoms. The topological polar surface area (TPSA) is 8.17 Å². The molecule has 0 aliphatic heterocycles. The third-order valence-electron chi connectivity index (χ3n) is 15.8. The van der Waals surface area contributed by atoms with E-state index in [0.29, 0.717) is 17.8 Å². The fourth-order valence-corrected chi connectivity index (χ4v) is 12.9. The van der Waals surface area contributed by atoms with Gasteiger partial charge in [-0.2, -0.15) is 0 Å². The highest BCUT2D eigenvalue weighted by Crippen LogP contribution is 2.61. The fourth-order valence-electron chi connectivity index (χ4n) is 12.9. The summed E-state index contributed by atoms with van der Waals surface area (Å²) in [6.45, 7) is 5.07. The standard InChI is InChI=1S/C59H56N2/c1-59(2)54-23-9-7-20-51(54)52-35-34-47(38-55(52)59)60(45-32-27-42(28-33-45)49-22-12-15-40-13-3-5-18-48(40)49)44-30-25-39(26-31-44)43-16-11-17-46(37-43)61-56-24-10-8-21-53(56)58-50-19-6-4-14-41(50)29-36-57(58)61/h3-9,12-16,19,21-23,25-30,32-34,36-37,44,48,51-52,55H,10-11,17-18,20,24,31,35,38H2,1-2H3. The maximum atomic E-state index is 2.73. The van der Waals surface area contributed by atoms with E-state index >= 15 is 0 Å². The molecule has 1 aromatic heterocycles. The van der Waals surface area contributed by atoms with E-state index < -0.39 is 0 Å². The van der Waals surface area contributed by atoms with Crippen molar-refractivity contribution in [2.45, 2.75) is 77.7 Å². The molecular formula is C59H56N2. The smallest absolute Gasteiger partial charge is 0.0557 e. The molecule has 1 fully saturated rings. The quantitative estimate of drug-likeness (QED) is 0.189. The molecule has 12 rings (SSSR count). The minimum Gasteiger partial charge on any atom is -0.338 e. The first-order valence-corrected chi connectivity index (χ1v) is 23.2. The summed E-state index contributed by atoms with van der Waals surface area (Å²) in [6, 6.07) is 23.5. The summed E-state index contributed by atoms with van der Waals surface area (Å²) in [7, 11) is 0. The number of aromatic nitrogens is 1. The van der Waals surface area contributed by atoms with Gasteiger partial charge in [-0.25, -0.2) is 0 Å². The Morgan fingerprint density at radius 3 is 2.51 bits per heavy atom. The molecule has 2 heteroatoms. The van der Waals surface area contributed by atoms with Crippen molar-refractivity contribution < 1.29 is 0 Å². The summed E-state index contributed by atoms with van der Waals surface area (Å²) < 4.78 is 2.63. The predicted octanol–water partition coefficient (Wildman–Crippen LogP) is 15.0. The zero-order valence-corrected chi connectivity index (χ0v) is 35.7. The van der Waals surface area contributed by atoms with Gasteiger partial charge in [-0.15, -0.1) is 0 Å². The Hall–Kier alpha value is -5.86. The SMILES string of the molecule is CC1(C)C2=CC=CCC2C2CC=C(N(c3ccc(C4=CC=CC5=CC=CCC54)cc3)C3C=CC(C4=CCCC(n5c6c(c7c8ccccc8ccc75)C=CCC6)=C4)=CC3)CC21. The molecule has 2 nitrogen and oxygen atoms in total. The number of hydrogen-bond acceptors (Lipinski definition) is 1. The summed E-state index contributed by atoms with van der Waals surface area (Å²) in [5.41, 5.74) is 17.3. The van der Waals surface area contributed by atoms with Crippen molar-refractivity contribution >= 4 is 44.7 Å². The largest absolute Gasteiger partial charge is 0.338 e. The summed E-state index contributed by atoms with van der Waals surface area (Å²) in [5, 5.41) is 4.09. The van der Waals surface area contributed by atoms with E-state index in [4.69, 9.17) is 0 Å². The van der Waals surface area contributed by atoms with Crippen LogP contribution >= 0.6 is 0 Å². The molecule has 1 saturated carbocycles. The molecule has 61 heavy (non-hydrogen) atoms. The molecule has 0 N–H and O–H groups in total. The molecule has 8 aliphatic rings. The number of anilines is 1. The van der Waals surface area contributed by atoms with E-state index in [1.54, 1.807) is 5.57 Å². The van der Waals surface area contributed by atoms with Gasteiger partial charge in [0.2, 0.25) is 0 Å². The maximum Gasteiger partial charge on any atom is 0.0557 e. The number of benzene rings is 3. The number of nitrogens with zero attached hydrogens (tertiary/aromatic N) is 2. The average molecular weight is 793 g/mol. The number of rotatable bonds is 6. The number of fused-ring (bicyclic) bond motifs is 9. The van der Waals surface area contributed by atoms with Gasteiger partial charge in [-0.05, 0) is 144 Å². The second-order valence-corrected chi connectivity index (χ2v) is 19.3. The van der Waals surface area contributed by atoms with Gasteiger partial charge in [0.05, 0.1) is 11.6 Å². The van der Waals surface area contributed by atoms with E-state index in [1.165, 1.54) is 90.7 Å². The van der Waals surface area contributed by atoms with Crippen LogP contribution in [0.2, 0.25) is 0 Å². The van der Waals surface area contributed by atoms with Gasteiger partial charge in [0, 0.05) is 39.6 Å². The molecule has 0 spiro atoms. The Kier molecular flexibility index (Phi) is 8.88. The van der Waals surface area contributed by atoms with Gasteiger partial charge in [0.25, 0.3) is 0 Å². The van der Waals surface area contributed by atoms with Crippen LogP contribution in [0.15, 0.2) is 186 Å². The Morgan fingerprint density at radius 2 is 1.61 bits per heavy atom. The second-order valence-electron chi connectivity index (χ2n) is 19.3. The van der Waals surface area contributed by atoms with Gasteiger partial charge in [-0.3, -0.25) is 0 Å². The fraction of sp³-hybridized carbons (Fsp3) is 0.288. The molecular weight excluding hydrogens is 737 g/mol. The molecule has 5 unspecified atom stereocenters. The van der Waals surface area contributed by atoms with E-state index in [9.17, 15) is 0 Å². The minimum absolute atomic E-state index is 0.205. The van der Waals surface area contributed by atoms with Crippen LogP contribution in [0.3, 0.4) is 0 Å². The van der Waals surface area contributed by atoms with Crippen molar-refractivity contribution in [3.8, 4) is 0 Å². The lowest BCUT2D eigenvalue weighted by molar-refractivity contribution is 0.213. The van der Waals surface area contributed by atoms with Crippen molar-refractivity contribution in [3.05, 3.63) is 203 Å². The Bertz CT molecular complexity index is 2880.